The first kappa shape index (κ1) is 12.7. The molecule has 0 fully saturated rings. The molecule has 1 aromatic heterocycles. The fraction of sp³-hybridized carbons (Fsp3) is 0.636. The van der Waals surface area contributed by atoms with Crippen LogP contribution in [0.25, 0.3) is 0 Å². The Kier molecular flexibility index (Phi) is 4.49. The summed E-state index contributed by atoms with van der Waals surface area (Å²) in [7, 11) is 0. The number of carbonyl (C=O) groups excluding carboxylic acids is 1. The predicted molar refractivity (Wildman–Crippen MR) is 61.0 cm³/mol. The van der Waals surface area contributed by atoms with Gasteiger partial charge in [0, 0.05) is 18.5 Å². The van der Waals surface area contributed by atoms with Crippen LogP contribution in [0.3, 0.4) is 0 Å². The van der Waals surface area contributed by atoms with Gasteiger partial charge in [0.05, 0.1) is 12.3 Å². The summed E-state index contributed by atoms with van der Waals surface area (Å²) < 4.78 is 4.85. The number of nitrogens with two attached hydrogens (primary N) is 1. The highest BCUT2D eigenvalue weighted by Crippen LogP contribution is 2.08. The number of ether oxygens (including phenoxy) is 1. The van der Waals surface area contributed by atoms with Crippen molar-refractivity contribution in [3.05, 3.63) is 17.2 Å². The van der Waals surface area contributed by atoms with E-state index in [1.807, 2.05) is 13.8 Å². The number of imidazole rings is 1. The number of hydrogen-bond acceptors (Lipinski definition) is 4. The van der Waals surface area contributed by atoms with E-state index >= 15 is 0 Å². The molecule has 0 radical (unpaired) electrons. The molecule has 0 spiro atoms. The molecule has 0 bridgehead atoms. The number of nitrogens with one attached hydrogen (secondary N) is 1. The van der Waals surface area contributed by atoms with Crippen molar-refractivity contribution >= 4 is 5.97 Å². The van der Waals surface area contributed by atoms with Gasteiger partial charge in [-0.25, -0.2) is 4.98 Å². The average Bonchev–Trinajstić information content (AvgIpc) is 2.60. The first-order valence-corrected chi connectivity index (χ1v) is 5.55. The Morgan fingerprint density at radius 1 is 1.56 bits per heavy atom. The molecule has 0 aromatic carbocycles. The maximum absolute atomic E-state index is 11.3. The molecule has 1 heterocycles. The minimum absolute atomic E-state index is 0.353. The maximum Gasteiger partial charge on any atom is 0.323 e. The van der Waals surface area contributed by atoms with Gasteiger partial charge in [0.1, 0.15) is 11.9 Å². The summed E-state index contributed by atoms with van der Waals surface area (Å²) in [6, 6.07) is -0.633. The Balaban J connectivity index is 2.65. The lowest BCUT2D eigenvalue weighted by Gasteiger charge is -2.09. The van der Waals surface area contributed by atoms with Crippen molar-refractivity contribution in [3.8, 4) is 0 Å². The molecule has 5 heteroatoms. The average molecular weight is 225 g/mol. The second-order valence-electron chi connectivity index (χ2n) is 3.67. The van der Waals surface area contributed by atoms with Gasteiger partial charge in [-0.1, -0.05) is 6.92 Å². The van der Waals surface area contributed by atoms with E-state index < -0.39 is 6.04 Å². The number of rotatable bonds is 5. The van der Waals surface area contributed by atoms with Crippen molar-refractivity contribution in [3.63, 3.8) is 0 Å². The zero-order valence-corrected chi connectivity index (χ0v) is 10.0. The summed E-state index contributed by atoms with van der Waals surface area (Å²) >= 11 is 0. The van der Waals surface area contributed by atoms with Gasteiger partial charge in [-0.3, -0.25) is 4.79 Å². The highest BCUT2D eigenvalue weighted by Gasteiger charge is 2.18. The van der Waals surface area contributed by atoms with Crippen LogP contribution in [0, 0.1) is 6.92 Å². The Bertz CT molecular complexity index is 360. The lowest BCUT2D eigenvalue weighted by atomic mass is 10.1. The third kappa shape index (κ3) is 3.06. The predicted octanol–water partition coefficient (Wildman–Crippen LogP) is 0.713. The zero-order chi connectivity index (χ0) is 12.1. The van der Waals surface area contributed by atoms with E-state index in [1.165, 1.54) is 0 Å². The third-order valence-electron chi connectivity index (χ3n) is 2.37. The van der Waals surface area contributed by atoms with Gasteiger partial charge in [0.25, 0.3) is 0 Å². The van der Waals surface area contributed by atoms with Gasteiger partial charge >= 0.3 is 5.97 Å². The highest BCUT2D eigenvalue weighted by molar-refractivity contribution is 5.75. The summed E-state index contributed by atoms with van der Waals surface area (Å²) in [5, 5.41) is 0. The SMILES string of the molecule is CCOC(=O)C(N)Cc1nc(CC)[nH]c1C. The number of aromatic amines is 1. The number of nitrogens with zero attached hydrogens (tertiary/aromatic N) is 1. The second-order valence-corrected chi connectivity index (χ2v) is 3.67. The molecule has 0 amide bonds. The van der Waals surface area contributed by atoms with Gasteiger partial charge in [-0.05, 0) is 13.8 Å². The molecule has 16 heavy (non-hydrogen) atoms. The van der Waals surface area contributed by atoms with Crippen LogP contribution in [-0.2, 0) is 22.4 Å². The molecule has 1 aromatic rings. The summed E-state index contributed by atoms with van der Waals surface area (Å²) in [6.07, 6.45) is 1.26. The van der Waals surface area contributed by atoms with Crippen LogP contribution in [-0.4, -0.2) is 28.6 Å². The number of H-pyrrole nitrogens is 1. The van der Waals surface area contributed by atoms with Gasteiger partial charge < -0.3 is 15.5 Å². The Labute approximate surface area is 95.4 Å². The molecule has 0 aliphatic carbocycles. The largest absolute Gasteiger partial charge is 0.465 e. The number of aryl methyl sites for hydroxylation is 2. The Morgan fingerprint density at radius 3 is 2.75 bits per heavy atom. The molecule has 0 aliphatic heterocycles. The van der Waals surface area contributed by atoms with Crippen LogP contribution in [0.15, 0.2) is 0 Å². The van der Waals surface area contributed by atoms with E-state index in [-0.39, 0.29) is 5.97 Å². The van der Waals surface area contributed by atoms with Crippen LogP contribution in [0.1, 0.15) is 31.1 Å². The molecule has 0 aliphatic rings. The maximum atomic E-state index is 11.3. The smallest absolute Gasteiger partial charge is 0.323 e. The van der Waals surface area contributed by atoms with Gasteiger partial charge in [-0.15, -0.1) is 0 Å². The molecular formula is C11H19N3O2. The highest BCUT2D eigenvalue weighted by atomic mass is 16.5. The van der Waals surface area contributed by atoms with Crippen molar-refractivity contribution < 1.29 is 9.53 Å². The van der Waals surface area contributed by atoms with Crippen molar-refractivity contribution in [1.82, 2.24) is 9.97 Å². The minimum Gasteiger partial charge on any atom is -0.465 e. The van der Waals surface area contributed by atoms with Crippen LogP contribution in [0.4, 0.5) is 0 Å². The van der Waals surface area contributed by atoms with Crippen molar-refractivity contribution in [2.75, 3.05) is 6.61 Å². The van der Waals surface area contributed by atoms with Gasteiger partial charge in [0.15, 0.2) is 0 Å². The van der Waals surface area contributed by atoms with E-state index in [4.69, 9.17) is 10.5 Å². The fourth-order valence-corrected chi connectivity index (χ4v) is 1.47. The van der Waals surface area contributed by atoms with Crippen molar-refractivity contribution in [2.24, 2.45) is 5.73 Å². The van der Waals surface area contributed by atoms with Crippen molar-refractivity contribution in [1.29, 1.82) is 0 Å². The monoisotopic (exact) mass is 225 g/mol. The lowest BCUT2D eigenvalue weighted by Crippen LogP contribution is -2.34. The normalized spacial score (nSPS) is 12.5. The molecule has 5 nitrogen and oxygen atoms in total. The second kappa shape index (κ2) is 5.65. The number of carbonyl (C=O) groups is 1. The molecular weight excluding hydrogens is 206 g/mol. The van der Waals surface area contributed by atoms with E-state index in [9.17, 15) is 4.79 Å². The standard InChI is InChI=1S/C11H19N3O2/c1-4-10-13-7(3)9(14-10)6-8(12)11(15)16-5-2/h8H,4-6,12H2,1-3H3,(H,13,14). The van der Waals surface area contributed by atoms with Crippen LogP contribution in [0.2, 0.25) is 0 Å². The lowest BCUT2D eigenvalue weighted by molar-refractivity contribution is -0.144. The molecule has 0 saturated heterocycles. The summed E-state index contributed by atoms with van der Waals surface area (Å²) in [6.45, 7) is 6.07. The van der Waals surface area contributed by atoms with Crippen LogP contribution in [0.5, 0.6) is 0 Å². The third-order valence-corrected chi connectivity index (χ3v) is 2.37. The van der Waals surface area contributed by atoms with E-state index in [1.54, 1.807) is 6.92 Å². The first-order chi connectivity index (χ1) is 7.58. The molecule has 0 saturated carbocycles. The van der Waals surface area contributed by atoms with Crippen molar-refractivity contribution in [2.45, 2.75) is 39.7 Å². The van der Waals surface area contributed by atoms with Gasteiger partial charge in [-0.2, -0.15) is 0 Å². The summed E-state index contributed by atoms with van der Waals surface area (Å²) in [5.41, 5.74) is 7.54. The summed E-state index contributed by atoms with van der Waals surface area (Å²) in [5.74, 6) is 0.548. The van der Waals surface area contributed by atoms with Gasteiger partial charge in [0.2, 0.25) is 0 Å². The quantitative estimate of drug-likeness (QED) is 0.723. The fourth-order valence-electron chi connectivity index (χ4n) is 1.47. The van der Waals surface area contributed by atoms with E-state index in [2.05, 4.69) is 9.97 Å². The minimum atomic E-state index is -0.633. The van der Waals surface area contributed by atoms with Crippen LogP contribution < -0.4 is 5.73 Å². The molecule has 1 atom stereocenters. The molecule has 3 N–H and O–H groups in total. The zero-order valence-electron chi connectivity index (χ0n) is 10.0. The number of hydrogen-bond donors (Lipinski definition) is 2. The van der Waals surface area contributed by atoms with Crippen LogP contribution >= 0.6 is 0 Å². The van der Waals surface area contributed by atoms with E-state index in [0.29, 0.717) is 13.0 Å². The first-order valence-electron chi connectivity index (χ1n) is 5.55. The number of esters is 1. The number of aromatic nitrogens is 2. The summed E-state index contributed by atoms with van der Waals surface area (Å²) in [4.78, 5) is 18.9. The Hall–Kier alpha value is -1.36. The molecule has 1 rings (SSSR count). The van der Waals surface area contributed by atoms with E-state index in [0.717, 1.165) is 23.6 Å². The topological polar surface area (TPSA) is 81.0 Å². The Morgan fingerprint density at radius 2 is 2.25 bits per heavy atom. The molecule has 1 unspecified atom stereocenters. The molecule has 90 valence electrons.